The Morgan fingerprint density at radius 3 is 1.40 bits per heavy atom. The van der Waals surface area contributed by atoms with Crippen molar-refractivity contribution in [2.24, 2.45) is 0 Å². The van der Waals surface area contributed by atoms with Gasteiger partial charge >= 0.3 is 0 Å². The van der Waals surface area contributed by atoms with Crippen LogP contribution >= 0.6 is 15.9 Å². The molecule has 0 aromatic heterocycles. The molecular weight excluding hydrogens is 640 g/mol. The van der Waals surface area contributed by atoms with E-state index < -0.39 is 0 Å². The molecule has 0 spiro atoms. The number of allylic oxidation sites excluding steroid dienone is 6. The number of fused-ring (bicyclic) bond motifs is 4. The molecule has 5 heteroatoms. The topological polar surface area (TPSA) is 13.0 Å². The molecule has 2 heterocycles. The van der Waals surface area contributed by atoms with E-state index >= 15 is 0 Å². The minimum Gasteiger partial charge on any atom is -0.330 e. The summed E-state index contributed by atoms with van der Waals surface area (Å²) < 4.78 is 1.08. The van der Waals surface area contributed by atoms with Gasteiger partial charge in [-0.1, -0.05) is 88.8 Å². The molecule has 5 aromatic rings. The average molecular weight is 674 g/mol. The van der Waals surface area contributed by atoms with Gasteiger partial charge < -0.3 is 19.6 Å². The van der Waals surface area contributed by atoms with E-state index in [1.54, 1.807) is 0 Å². The number of nitrogens with zero attached hydrogens (tertiary/aromatic N) is 4. The van der Waals surface area contributed by atoms with Crippen LogP contribution in [-0.2, 0) is 0 Å². The van der Waals surface area contributed by atoms with Gasteiger partial charge in [0, 0.05) is 27.2 Å². The van der Waals surface area contributed by atoms with Crippen LogP contribution in [0, 0.1) is 0 Å². The number of hydrogen-bond acceptors (Lipinski definition) is 4. The Labute approximate surface area is 284 Å². The summed E-state index contributed by atoms with van der Waals surface area (Å²) >= 11 is 3.62. The maximum Gasteiger partial charge on any atom is 0.0769 e. The third kappa shape index (κ3) is 4.64. The molecule has 9 rings (SSSR count). The van der Waals surface area contributed by atoms with E-state index in [9.17, 15) is 0 Å². The second-order valence-electron chi connectivity index (χ2n) is 12.2. The van der Waals surface area contributed by atoms with Crippen LogP contribution in [0.15, 0.2) is 174 Å². The Hall–Kier alpha value is -5.26. The van der Waals surface area contributed by atoms with Crippen LogP contribution in [0.4, 0.5) is 51.2 Å². The second kappa shape index (κ2) is 11.5. The first kappa shape index (κ1) is 28.0. The van der Waals surface area contributed by atoms with Crippen LogP contribution in [0.1, 0.15) is 12.8 Å². The minimum absolute atomic E-state index is 0.132. The highest BCUT2D eigenvalue weighted by Crippen LogP contribution is 2.54. The molecule has 2 unspecified atom stereocenters. The summed E-state index contributed by atoms with van der Waals surface area (Å²) in [6, 6.07) is 44.4. The van der Waals surface area contributed by atoms with Gasteiger partial charge in [-0.05, 0) is 104 Å². The monoisotopic (exact) mass is 672 g/mol. The first-order chi connectivity index (χ1) is 23.3. The molecule has 0 saturated carbocycles. The molecule has 2 aliphatic carbocycles. The van der Waals surface area contributed by atoms with Crippen molar-refractivity contribution in [3.05, 3.63) is 174 Å². The van der Waals surface area contributed by atoms with Gasteiger partial charge in [-0.15, -0.1) is 0 Å². The standard InChI is InChI=1S/C42H33BrN4/c43-30-22-24-32(25-23-30)45-39-18-8-10-20-41(39)47(42-21-11-9-19-40(42)45)34-28-26-33(27-29-34)46-37-16-6-4-14-35(37)44(31-12-2-1-3-13-31)36-15-5-7-17-38(36)46/h1-2,4-12,14-29,39,41H,3,13H2. The number of benzene rings is 5. The fourth-order valence-electron chi connectivity index (χ4n) is 7.55. The number of hydrogen-bond donors (Lipinski definition) is 0. The quantitative estimate of drug-likeness (QED) is 0.188. The summed E-state index contributed by atoms with van der Waals surface area (Å²) in [5.74, 6) is 0. The third-order valence-corrected chi connectivity index (χ3v) is 10.1. The summed E-state index contributed by atoms with van der Waals surface area (Å²) in [7, 11) is 0. The summed E-state index contributed by atoms with van der Waals surface area (Å²) in [6.45, 7) is 0. The van der Waals surface area contributed by atoms with Gasteiger partial charge in [-0.25, -0.2) is 0 Å². The molecule has 0 saturated heterocycles. The number of para-hydroxylation sites is 6. The SMILES string of the molecule is Brc1ccc(N2c3ccccc3N(c3ccc(N4c5ccccc5N(C5=CC=CCC5)c5ccccc54)cc3)C3C=CC=CC32)cc1. The molecule has 0 bridgehead atoms. The van der Waals surface area contributed by atoms with Crippen LogP contribution in [-0.4, -0.2) is 12.1 Å². The second-order valence-corrected chi connectivity index (χ2v) is 13.2. The smallest absolute Gasteiger partial charge is 0.0769 e. The molecular formula is C42H33BrN4. The normalized spacial score (nSPS) is 19.1. The van der Waals surface area contributed by atoms with Gasteiger partial charge in [0.25, 0.3) is 0 Å². The van der Waals surface area contributed by atoms with Crippen LogP contribution in [0.25, 0.3) is 0 Å². The van der Waals surface area contributed by atoms with Crippen LogP contribution in [0.3, 0.4) is 0 Å². The van der Waals surface area contributed by atoms with Gasteiger partial charge in [0.2, 0.25) is 0 Å². The largest absolute Gasteiger partial charge is 0.330 e. The van der Waals surface area contributed by atoms with E-state index in [1.165, 1.54) is 51.2 Å². The molecule has 0 N–H and O–H groups in total. The first-order valence-corrected chi connectivity index (χ1v) is 17.1. The molecule has 4 aliphatic rings. The number of anilines is 9. The lowest BCUT2D eigenvalue weighted by atomic mass is 9.92. The average Bonchev–Trinajstić information content (AvgIpc) is 3.14. The van der Waals surface area contributed by atoms with Gasteiger partial charge in [0.15, 0.2) is 0 Å². The molecule has 228 valence electrons. The highest BCUT2D eigenvalue weighted by Gasteiger charge is 2.39. The fraction of sp³-hybridized carbons (Fsp3) is 0.0952. The third-order valence-electron chi connectivity index (χ3n) is 9.57. The van der Waals surface area contributed by atoms with Crippen LogP contribution in [0.2, 0.25) is 0 Å². The summed E-state index contributed by atoms with van der Waals surface area (Å²) in [5, 5.41) is 0. The summed E-state index contributed by atoms with van der Waals surface area (Å²) in [5.41, 5.74) is 12.0. The maximum atomic E-state index is 3.62. The Morgan fingerprint density at radius 1 is 0.468 bits per heavy atom. The van der Waals surface area contributed by atoms with E-state index in [-0.39, 0.29) is 12.1 Å². The van der Waals surface area contributed by atoms with E-state index in [2.05, 4.69) is 199 Å². The Balaban J connectivity index is 1.14. The fourth-order valence-corrected chi connectivity index (χ4v) is 7.81. The predicted octanol–water partition coefficient (Wildman–Crippen LogP) is 11.8. The maximum absolute atomic E-state index is 3.62. The van der Waals surface area contributed by atoms with Crippen molar-refractivity contribution in [1.82, 2.24) is 0 Å². The zero-order chi connectivity index (χ0) is 31.3. The Bertz CT molecular complexity index is 2050. The minimum atomic E-state index is 0.132. The Morgan fingerprint density at radius 2 is 0.915 bits per heavy atom. The van der Waals surface area contributed by atoms with Crippen molar-refractivity contribution < 1.29 is 0 Å². The lowest BCUT2D eigenvalue weighted by molar-refractivity contribution is 0.638. The zero-order valence-electron chi connectivity index (χ0n) is 25.8. The van der Waals surface area contributed by atoms with Crippen molar-refractivity contribution in [2.75, 3.05) is 19.6 Å². The molecule has 2 aliphatic heterocycles. The van der Waals surface area contributed by atoms with Gasteiger partial charge in [0.05, 0.1) is 46.2 Å². The van der Waals surface area contributed by atoms with Crippen molar-refractivity contribution in [1.29, 1.82) is 0 Å². The van der Waals surface area contributed by atoms with E-state index in [0.29, 0.717) is 0 Å². The zero-order valence-corrected chi connectivity index (χ0v) is 27.4. The molecule has 0 fully saturated rings. The molecule has 2 atom stereocenters. The molecule has 4 nitrogen and oxygen atoms in total. The van der Waals surface area contributed by atoms with Crippen LogP contribution in [0.5, 0.6) is 0 Å². The molecule has 0 amide bonds. The summed E-state index contributed by atoms with van der Waals surface area (Å²) in [4.78, 5) is 9.84. The first-order valence-electron chi connectivity index (χ1n) is 16.3. The van der Waals surface area contributed by atoms with Crippen LogP contribution < -0.4 is 19.6 Å². The molecule has 5 aromatic carbocycles. The lowest BCUT2D eigenvalue weighted by Gasteiger charge is -2.49. The van der Waals surface area contributed by atoms with E-state index in [0.717, 1.165) is 23.0 Å². The van der Waals surface area contributed by atoms with Gasteiger partial charge in [0.1, 0.15) is 0 Å². The van der Waals surface area contributed by atoms with Crippen molar-refractivity contribution >= 4 is 67.1 Å². The number of rotatable bonds is 4. The highest BCUT2D eigenvalue weighted by atomic mass is 79.9. The van der Waals surface area contributed by atoms with E-state index in [1.807, 2.05) is 0 Å². The highest BCUT2D eigenvalue weighted by molar-refractivity contribution is 9.10. The predicted molar refractivity (Wildman–Crippen MR) is 200 cm³/mol. The summed E-state index contributed by atoms with van der Waals surface area (Å²) in [6.07, 6.45) is 17.8. The number of halogens is 1. The van der Waals surface area contributed by atoms with Gasteiger partial charge in [-0.2, -0.15) is 0 Å². The molecule has 47 heavy (non-hydrogen) atoms. The Kier molecular flexibility index (Phi) is 6.86. The van der Waals surface area contributed by atoms with Crippen molar-refractivity contribution in [3.63, 3.8) is 0 Å². The molecule has 0 radical (unpaired) electrons. The lowest BCUT2D eigenvalue weighted by Crippen LogP contribution is -2.52. The van der Waals surface area contributed by atoms with Crippen molar-refractivity contribution in [2.45, 2.75) is 24.9 Å². The van der Waals surface area contributed by atoms with E-state index in [4.69, 9.17) is 0 Å². The van der Waals surface area contributed by atoms with Gasteiger partial charge in [-0.3, -0.25) is 0 Å². The van der Waals surface area contributed by atoms with Crippen molar-refractivity contribution in [3.8, 4) is 0 Å².